The van der Waals surface area contributed by atoms with Gasteiger partial charge in [-0.25, -0.2) is 4.98 Å². The van der Waals surface area contributed by atoms with Crippen LogP contribution in [-0.2, 0) is 22.4 Å². The fourth-order valence-electron chi connectivity index (χ4n) is 3.81. The third-order valence-corrected chi connectivity index (χ3v) is 6.24. The number of anilines is 1. The number of rotatable bonds is 4. The number of aromatic nitrogens is 1. The van der Waals surface area contributed by atoms with E-state index < -0.39 is 0 Å². The molecule has 1 aromatic heterocycles. The van der Waals surface area contributed by atoms with Gasteiger partial charge in [-0.2, -0.15) is 0 Å². The van der Waals surface area contributed by atoms with Crippen molar-refractivity contribution in [3.8, 4) is 0 Å². The third kappa shape index (κ3) is 4.60. The lowest BCUT2D eigenvalue weighted by molar-refractivity contribution is -0.140. The summed E-state index contributed by atoms with van der Waals surface area (Å²) in [4.78, 5) is 32.9. The topological polar surface area (TPSA) is 62.3 Å². The van der Waals surface area contributed by atoms with Gasteiger partial charge in [0.15, 0.2) is 5.13 Å². The first kappa shape index (κ1) is 18.4. The van der Waals surface area contributed by atoms with Crippen LogP contribution in [0.1, 0.15) is 75.3 Å². The Morgan fingerprint density at radius 2 is 1.96 bits per heavy atom. The van der Waals surface area contributed by atoms with E-state index in [4.69, 9.17) is 0 Å². The lowest BCUT2D eigenvalue weighted by atomic mass is 10.0. The van der Waals surface area contributed by atoms with Gasteiger partial charge in [0.25, 0.3) is 0 Å². The van der Waals surface area contributed by atoms with Crippen LogP contribution in [0.3, 0.4) is 0 Å². The zero-order valence-electron chi connectivity index (χ0n) is 15.2. The van der Waals surface area contributed by atoms with Crippen molar-refractivity contribution in [3.63, 3.8) is 0 Å². The van der Waals surface area contributed by atoms with Gasteiger partial charge >= 0.3 is 0 Å². The molecule has 1 aliphatic carbocycles. The Morgan fingerprint density at radius 3 is 2.76 bits per heavy atom. The van der Waals surface area contributed by atoms with Crippen LogP contribution < -0.4 is 5.32 Å². The molecule has 5 nitrogen and oxygen atoms in total. The largest absolute Gasteiger partial charge is 0.331 e. The highest BCUT2D eigenvalue weighted by atomic mass is 32.1. The molecule has 0 radical (unpaired) electrons. The van der Waals surface area contributed by atoms with E-state index in [0.29, 0.717) is 18.1 Å². The van der Waals surface area contributed by atoms with Crippen molar-refractivity contribution in [1.29, 1.82) is 0 Å². The van der Waals surface area contributed by atoms with Crippen LogP contribution in [0.25, 0.3) is 0 Å². The van der Waals surface area contributed by atoms with E-state index in [9.17, 15) is 9.59 Å². The molecule has 0 bridgehead atoms. The molecule has 2 heterocycles. The summed E-state index contributed by atoms with van der Waals surface area (Å²) in [7, 11) is 0. The molecule has 0 aromatic carbocycles. The first-order valence-electron chi connectivity index (χ1n) is 9.78. The van der Waals surface area contributed by atoms with Crippen molar-refractivity contribution in [2.75, 3.05) is 11.9 Å². The summed E-state index contributed by atoms with van der Waals surface area (Å²) in [5.41, 5.74) is 1.17. The number of nitrogens with zero attached hydrogens (tertiary/aromatic N) is 2. The molecular weight excluding hydrogens is 334 g/mol. The molecule has 6 heteroatoms. The van der Waals surface area contributed by atoms with Gasteiger partial charge in [-0.1, -0.05) is 19.8 Å². The van der Waals surface area contributed by atoms with Crippen molar-refractivity contribution >= 4 is 28.3 Å². The van der Waals surface area contributed by atoms with Crippen molar-refractivity contribution < 1.29 is 9.59 Å². The summed E-state index contributed by atoms with van der Waals surface area (Å²) >= 11 is 1.62. The first-order chi connectivity index (χ1) is 12.2. The number of piperidine rings is 1. The third-order valence-electron chi connectivity index (χ3n) is 5.17. The van der Waals surface area contributed by atoms with Gasteiger partial charge in [0.05, 0.1) is 5.69 Å². The minimum atomic E-state index is -0.334. The summed E-state index contributed by atoms with van der Waals surface area (Å²) in [6, 6.07) is -0.334. The van der Waals surface area contributed by atoms with Gasteiger partial charge in [0, 0.05) is 17.8 Å². The zero-order chi connectivity index (χ0) is 17.6. The second-order valence-corrected chi connectivity index (χ2v) is 8.22. The van der Waals surface area contributed by atoms with Crippen LogP contribution in [0.4, 0.5) is 5.13 Å². The quantitative estimate of drug-likeness (QED) is 0.882. The Balaban J connectivity index is 1.68. The summed E-state index contributed by atoms with van der Waals surface area (Å²) in [5.74, 6) is 0.0413. The van der Waals surface area contributed by atoms with Crippen molar-refractivity contribution in [3.05, 3.63) is 10.6 Å². The molecule has 25 heavy (non-hydrogen) atoms. The normalized spacial score (nSPS) is 21.2. The molecule has 0 spiro atoms. The summed E-state index contributed by atoms with van der Waals surface area (Å²) < 4.78 is 0. The average molecular weight is 364 g/mol. The van der Waals surface area contributed by atoms with Crippen LogP contribution in [-0.4, -0.2) is 34.3 Å². The number of amides is 2. The predicted molar refractivity (Wildman–Crippen MR) is 101 cm³/mol. The maximum absolute atomic E-state index is 12.8. The number of hydrogen-bond donors (Lipinski definition) is 1. The number of nitrogens with one attached hydrogen (secondary N) is 1. The average Bonchev–Trinajstić information content (AvgIpc) is 2.96. The molecule has 1 aliphatic heterocycles. The van der Waals surface area contributed by atoms with E-state index in [2.05, 4.69) is 10.3 Å². The fraction of sp³-hybridized carbons (Fsp3) is 0.737. The SMILES string of the molecule is CCCC(=O)N1CCCCC1C(=O)Nc1nc2c(s1)CCCCCC2. The smallest absolute Gasteiger partial charge is 0.248 e. The Labute approximate surface area is 154 Å². The Bertz CT molecular complexity index is 588. The Morgan fingerprint density at radius 1 is 1.16 bits per heavy atom. The summed E-state index contributed by atoms with van der Waals surface area (Å²) in [6.45, 7) is 2.70. The second-order valence-electron chi connectivity index (χ2n) is 7.14. The molecule has 138 valence electrons. The van der Waals surface area contributed by atoms with Crippen LogP contribution in [0.2, 0.25) is 0 Å². The van der Waals surface area contributed by atoms with E-state index in [-0.39, 0.29) is 17.9 Å². The van der Waals surface area contributed by atoms with Crippen molar-refractivity contribution in [2.45, 2.75) is 83.6 Å². The van der Waals surface area contributed by atoms with Gasteiger partial charge in [0.2, 0.25) is 11.8 Å². The number of carbonyl (C=O) groups is 2. The summed E-state index contributed by atoms with van der Waals surface area (Å²) in [5, 5.41) is 3.72. The van der Waals surface area contributed by atoms with Crippen LogP contribution in [0, 0.1) is 0 Å². The molecule has 3 rings (SSSR count). The molecule has 1 atom stereocenters. The highest BCUT2D eigenvalue weighted by molar-refractivity contribution is 7.15. The first-order valence-corrected chi connectivity index (χ1v) is 10.6. The van der Waals surface area contributed by atoms with E-state index in [1.54, 1.807) is 16.2 Å². The number of thiazole rings is 1. The van der Waals surface area contributed by atoms with Gasteiger partial charge in [-0.3, -0.25) is 9.59 Å². The zero-order valence-corrected chi connectivity index (χ0v) is 16.0. The highest BCUT2D eigenvalue weighted by Gasteiger charge is 2.32. The maximum Gasteiger partial charge on any atom is 0.248 e. The van der Waals surface area contributed by atoms with Crippen LogP contribution >= 0.6 is 11.3 Å². The predicted octanol–water partition coefficient (Wildman–Crippen LogP) is 3.92. The van der Waals surface area contributed by atoms with E-state index >= 15 is 0 Å². The molecule has 2 amide bonds. The summed E-state index contributed by atoms with van der Waals surface area (Å²) in [6.07, 6.45) is 11.2. The standard InChI is InChI=1S/C19H29N3O2S/c1-2-9-17(23)22-13-8-7-11-15(22)18(24)21-19-20-14-10-5-3-4-6-12-16(14)25-19/h15H,2-13H2,1H3,(H,20,21,24). The molecule has 1 saturated heterocycles. The molecule has 1 aromatic rings. The molecule has 2 aliphatic rings. The lowest BCUT2D eigenvalue weighted by Crippen LogP contribution is -2.49. The minimum absolute atomic E-state index is 0.0640. The second kappa shape index (κ2) is 8.79. The van der Waals surface area contributed by atoms with Gasteiger partial charge in [-0.05, 0) is 51.4 Å². The van der Waals surface area contributed by atoms with Crippen molar-refractivity contribution in [1.82, 2.24) is 9.88 Å². The Hall–Kier alpha value is -1.43. The molecule has 1 unspecified atom stereocenters. The van der Waals surface area contributed by atoms with E-state index in [1.807, 2.05) is 6.92 Å². The maximum atomic E-state index is 12.8. The van der Waals surface area contributed by atoms with Gasteiger partial charge < -0.3 is 10.2 Å². The minimum Gasteiger partial charge on any atom is -0.331 e. The molecular formula is C19H29N3O2S. The number of hydrogen-bond acceptors (Lipinski definition) is 4. The molecule has 1 N–H and O–H groups in total. The van der Waals surface area contributed by atoms with Crippen LogP contribution in [0.5, 0.6) is 0 Å². The number of aryl methyl sites for hydroxylation is 2. The highest BCUT2D eigenvalue weighted by Crippen LogP contribution is 2.29. The van der Waals surface area contributed by atoms with E-state index in [0.717, 1.165) is 38.5 Å². The monoisotopic (exact) mass is 363 g/mol. The van der Waals surface area contributed by atoms with Crippen molar-refractivity contribution in [2.24, 2.45) is 0 Å². The lowest BCUT2D eigenvalue weighted by Gasteiger charge is -2.34. The molecule has 1 fully saturated rings. The molecule has 0 saturated carbocycles. The Kier molecular flexibility index (Phi) is 6.45. The van der Waals surface area contributed by atoms with E-state index in [1.165, 1.54) is 36.3 Å². The number of carbonyl (C=O) groups excluding carboxylic acids is 2. The fourth-order valence-corrected chi connectivity index (χ4v) is 4.86. The van der Waals surface area contributed by atoms with Gasteiger partial charge in [0.1, 0.15) is 6.04 Å². The number of likely N-dealkylation sites (tertiary alicyclic amines) is 1. The number of fused-ring (bicyclic) bond motifs is 1. The van der Waals surface area contributed by atoms with Crippen LogP contribution in [0.15, 0.2) is 0 Å². The van der Waals surface area contributed by atoms with Gasteiger partial charge in [-0.15, -0.1) is 11.3 Å².